The van der Waals surface area contributed by atoms with Crippen LogP contribution in [0.15, 0.2) is 30.3 Å². The zero-order chi connectivity index (χ0) is 17.3. The molecule has 1 aliphatic rings. The van der Waals surface area contributed by atoms with E-state index in [1.807, 2.05) is 18.2 Å². The summed E-state index contributed by atoms with van der Waals surface area (Å²) in [6.07, 6.45) is 5.01. The molecule has 4 nitrogen and oxygen atoms in total. The number of piperidine rings is 1. The smallest absolute Gasteiger partial charge is 0.377 e. The van der Waals surface area contributed by atoms with Crippen LogP contribution in [0.1, 0.15) is 38.2 Å². The van der Waals surface area contributed by atoms with Crippen LogP contribution in [0.3, 0.4) is 0 Å². The van der Waals surface area contributed by atoms with Gasteiger partial charge in [0.2, 0.25) is 0 Å². The Hall–Kier alpha value is -0.723. The average Bonchev–Trinajstić information content (AvgIpc) is 2.65. The molecule has 1 heterocycles. The topological polar surface area (TPSA) is 30.9 Å². The molecule has 0 N–H and O–H groups in total. The number of likely N-dealkylation sites (tertiary alicyclic amines) is 1. The number of unbranched alkanes of at least 4 members (excludes halogenated alkanes) is 1. The molecule has 0 aromatic heterocycles. The fraction of sp³-hybridized carbons (Fsp3) is 0.684. The van der Waals surface area contributed by atoms with E-state index in [2.05, 4.69) is 24.0 Å². The third-order valence-corrected chi connectivity index (χ3v) is 7.65. The molecule has 0 bridgehead atoms. The van der Waals surface area contributed by atoms with Crippen LogP contribution in [-0.2, 0) is 19.3 Å². The summed E-state index contributed by atoms with van der Waals surface area (Å²) in [5.41, 5.74) is 1.21. The van der Waals surface area contributed by atoms with E-state index in [-0.39, 0.29) is 0 Å². The molecule has 0 saturated carbocycles. The minimum Gasteiger partial charge on any atom is -0.377 e. The second-order valence-electron chi connectivity index (χ2n) is 6.70. The molecular weight excluding hydrogens is 318 g/mol. The number of benzene rings is 1. The number of hydrogen-bond donors (Lipinski definition) is 0. The molecule has 0 spiro atoms. The lowest BCUT2D eigenvalue weighted by Crippen LogP contribution is -2.48. The van der Waals surface area contributed by atoms with Gasteiger partial charge < -0.3 is 18.2 Å². The molecular formula is C19H33NO3Si. The van der Waals surface area contributed by atoms with Crippen LogP contribution in [0.2, 0.25) is 0 Å². The fourth-order valence-electron chi connectivity index (χ4n) is 3.25. The first kappa shape index (κ1) is 19.6. The first-order valence-electron chi connectivity index (χ1n) is 9.22. The molecule has 136 valence electrons. The minimum atomic E-state index is -2.62. The first-order chi connectivity index (χ1) is 11.7. The Labute approximate surface area is 148 Å². The molecule has 0 unspecified atom stereocenters. The molecule has 24 heavy (non-hydrogen) atoms. The highest BCUT2D eigenvalue weighted by atomic mass is 28.4. The third kappa shape index (κ3) is 5.97. The summed E-state index contributed by atoms with van der Waals surface area (Å²) in [5, 5.41) is 0. The predicted molar refractivity (Wildman–Crippen MR) is 99.9 cm³/mol. The molecule has 0 aliphatic carbocycles. The minimum absolute atomic E-state index is 0.621. The molecule has 1 aliphatic heterocycles. The van der Waals surface area contributed by atoms with Gasteiger partial charge >= 0.3 is 8.80 Å². The van der Waals surface area contributed by atoms with Crippen LogP contribution >= 0.6 is 0 Å². The van der Waals surface area contributed by atoms with E-state index in [1.165, 1.54) is 50.9 Å². The lowest BCUT2D eigenvalue weighted by molar-refractivity contribution is 0.0628. The van der Waals surface area contributed by atoms with E-state index in [1.54, 1.807) is 14.2 Å². The lowest BCUT2D eigenvalue weighted by Gasteiger charge is -2.34. The fourth-order valence-corrected chi connectivity index (χ4v) is 5.26. The maximum atomic E-state index is 6.26. The molecule has 0 radical (unpaired) electrons. The van der Waals surface area contributed by atoms with Crippen molar-refractivity contribution < 1.29 is 13.3 Å². The molecule has 5 heteroatoms. The van der Waals surface area contributed by atoms with E-state index >= 15 is 0 Å². The predicted octanol–water partition coefficient (Wildman–Crippen LogP) is 3.53. The van der Waals surface area contributed by atoms with E-state index < -0.39 is 8.80 Å². The maximum absolute atomic E-state index is 6.26. The van der Waals surface area contributed by atoms with Gasteiger partial charge in [0.05, 0.1) is 0 Å². The summed E-state index contributed by atoms with van der Waals surface area (Å²) in [5.74, 6) is 0.621. The van der Waals surface area contributed by atoms with Crippen LogP contribution in [0.5, 0.6) is 0 Å². The monoisotopic (exact) mass is 351 g/mol. The van der Waals surface area contributed by atoms with Gasteiger partial charge in [0.1, 0.15) is 0 Å². The Morgan fingerprint density at radius 2 is 1.75 bits per heavy atom. The summed E-state index contributed by atoms with van der Waals surface area (Å²) in [6.45, 7) is 6.64. The van der Waals surface area contributed by atoms with Gasteiger partial charge in [-0.15, -0.1) is 0 Å². The van der Waals surface area contributed by atoms with Crippen LogP contribution in [-0.4, -0.2) is 54.2 Å². The van der Waals surface area contributed by atoms with E-state index in [9.17, 15) is 0 Å². The highest BCUT2D eigenvalue weighted by molar-refractivity contribution is 6.60. The second kappa shape index (κ2) is 10.3. The Balaban J connectivity index is 1.81. The third-order valence-electron chi connectivity index (χ3n) is 4.96. The van der Waals surface area contributed by atoms with Gasteiger partial charge in [0.15, 0.2) is 0 Å². The molecule has 1 saturated heterocycles. The Morgan fingerprint density at radius 1 is 1.08 bits per heavy atom. The quantitative estimate of drug-likeness (QED) is 0.604. The average molecular weight is 352 g/mol. The molecule has 1 fully saturated rings. The normalized spacial score (nSPS) is 17.3. The van der Waals surface area contributed by atoms with Gasteiger partial charge in [-0.25, -0.2) is 0 Å². The van der Waals surface area contributed by atoms with Crippen LogP contribution in [0, 0.1) is 5.92 Å². The van der Waals surface area contributed by atoms with Crippen molar-refractivity contribution in [3.8, 4) is 0 Å². The molecule has 0 atom stereocenters. The van der Waals surface area contributed by atoms with Crippen molar-refractivity contribution in [3.63, 3.8) is 0 Å². The maximum Gasteiger partial charge on any atom is 0.505 e. The highest BCUT2D eigenvalue weighted by Gasteiger charge is 2.40. The summed E-state index contributed by atoms with van der Waals surface area (Å²) in [4.78, 5) is 2.58. The lowest BCUT2D eigenvalue weighted by atomic mass is 9.98. The van der Waals surface area contributed by atoms with Gasteiger partial charge in [-0.3, -0.25) is 0 Å². The van der Waals surface area contributed by atoms with Crippen molar-refractivity contribution in [3.05, 3.63) is 35.9 Å². The highest BCUT2D eigenvalue weighted by Crippen LogP contribution is 2.22. The molecule has 1 aromatic rings. The van der Waals surface area contributed by atoms with Gasteiger partial charge in [-0.2, -0.15) is 0 Å². The van der Waals surface area contributed by atoms with Crippen molar-refractivity contribution in [2.24, 2.45) is 5.92 Å². The molecule has 1 aromatic carbocycles. The number of rotatable bonds is 10. The summed E-state index contributed by atoms with van der Waals surface area (Å²) in [7, 11) is 0.809. The van der Waals surface area contributed by atoms with Crippen LogP contribution in [0.25, 0.3) is 0 Å². The van der Waals surface area contributed by atoms with Crippen LogP contribution < -0.4 is 0 Å². The Kier molecular flexibility index (Phi) is 8.42. The zero-order valence-electron chi connectivity index (χ0n) is 15.5. The van der Waals surface area contributed by atoms with Gasteiger partial charge in [0.25, 0.3) is 0 Å². The van der Waals surface area contributed by atoms with Crippen LogP contribution in [0.4, 0.5) is 0 Å². The van der Waals surface area contributed by atoms with Crippen molar-refractivity contribution >= 4 is 8.80 Å². The Bertz CT molecular complexity index is 445. The van der Waals surface area contributed by atoms with E-state index in [0.29, 0.717) is 5.92 Å². The van der Waals surface area contributed by atoms with Crippen molar-refractivity contribution in [1.82, 2.24) is 4.90 Å². The van der Waals surface area contributed by atoms with Gasteiger partial charge in [-0.1, -0.05) is 43.7 Å². The summed E-state index contributed by atoms with van der Waals surface area (Å²) >= 11 is 0. The largest absolute Gasteiger partial charge is 0.505 e. The standard InChI is InChI=1S/C19H33NO3Si/c1-4-5-13-20-14-11-18(12-15-20)16-23-24(21-2,22-3)17-19-9-7-6-8-10-19/h6-10,18H,4-5,11-17H2,1-3H3. The molecule has 0 amide bonds. The summed E-state index contributed by atoms with van der Waals surface area (Å²) in [6, 6.07) is 11.1. The second-order valence-corrected chi connectivity index (χ2v) is 9.53. The van der Waals surface area contributed by atoms with E-state index in [4.69, 9.17) is 13.3 Å². The molecule has 2 rings (SSSR count). The Morgan fingerprint density at radius 3 is 2.33 bits per heavy atom. The zero-order valence-corrected chi connectivity index (χ0v) is 16.5. The van der Waals surface area contributed by atoms with E-state index in [0.717, 1.165) is 12.7 Å². The number of hydrogen-bond acceptors (Lipinski definition) is 4. The first-order valence-corrected chi connectivity index (χ1v) is 11.1. The SMILES string of the molecule is CCCCN1CCC(CO[Si](Cc2ccccc2)(OC)OC)CC1. The van der Waals surface area contributed by atoms with Gasteiger partial charge in [0, 0.05) is 26.9 Å². The van der Waals surface area contributed by atoms with Crippen molar-refractivity contribution in [1.29, 1.82) is 0 Å². The van der Waals surface area contributed by atoms with Crippen molar-refractivity contribution in [2.75, 3.05) is 40.5 Å². The summed E-state index contributed by atoms with van der Waals surface area (Å²) < 4.78 is 17.7. The number of nitrogens with zero attached hydrogens (tertiary/aromatic N) is 1. The van der Waals surface area contributed by atoms with Gasteiger partial charge in [-0.05, 0) is 50.4 Å². The van der Waals surface area contributed by atoms with Crippen molar-refractivity contribution in [2.45, 2.75) is 38.7 Å².